The Bertz CT molecular complexity index is 363. The lowest BCUT2D eigenvalue weighted by molar-refractivity contribution is -0.203. The molecule has 1 atom stereocenters. The number of halogens is 3. The number of urea groups is 1. The summed E-state index contributed by atoms with van der Waals surface area (Å²) in [7, 11) is 0. The number of carboxylic acids is 1. The van der Waals surface area contributed by atoms with Crippen molar-refractivity contribution >= 4 is 12.0 Å². The number of nitrogens with one attached hydrogen (secondary N) is 2. The van der Waals surface area contributed by atoms with E-state index in [9.17, 15) is 22.8 Å². The number of aliphatic carboxylic acids is 1. The van der Waals surface area contributed by atoms with Crippen LogP contribution in [0.2, 0.25) is 0 Å². The summed E-state index contributed by atoms with van der Waals surface area (Å²) in [5.74, 6) is -2.16. The smallest absolute Gasteiger partial charge is 0.422 e. The van der Waals surface area contributed by atoms with Crippen molar-refractivity contribution in [1.29, 1.82) is 0 Å². The van der Waals surface area contributed by atoms with E-state index < -0.39 is 23.7 Å². The summed E-state index contributed by atoms with van der Waals surface area (Å²) in [4.78, 5) is 24.2. The molecule has 0 saturated heterocycles. The number of nitrogens with zero attached hydrogens (tertiary/aromatic N) is 1. The van der Waals surface area contributed by atoms with Crippen LogP contribution in [-0.2, 0) is 4.79 Å². The van der Waals surface area contributed by atoms with E-state index in [2.05, 4.69) is 5.32 Å². The van der Waals surface area contributed by atoms with Gasteiger partial charge in [0.15, 0.2) is 0 Å². The number of alkyl halides is 3. The van der Waals surface area contributed by atoms with Crippen molar-refractivity contribution in [2.45, 2.75) is 38.9 Å². The molecular weight excluding hydrogens is 291 g/mol. The predicted octanol–water partition coefficient (Wildman–Crippen LogP) is 1.42. The van der Waals surface area contributed by atoms with Crippen molar-refractivity contribution in [2.24, 2.45) is 0 Å². The van der Waals surface area contributed by atoms with Crippen molar-refractivity contribution in [2.75, 3.05) is 26.2 Å². The Morgan fingerprint density at radius 2 is 1.76 bits per heavy atom. The van der Waals surface area contributed by atoms with E-state index in [1.807, 2.05) is 18.7 Å². The van der Waals surface area contributed by atoms with E-state index >= 15 is 0 Å². The Morgan fingerprint density at radius 1 is 1.19 bits per heavy atom. The minimum atomic E-state index is -5.09. The Kier molecular flexibility index (Phi) is 7.48. The van der Waals surface area contributed by atoms with Gasteiger partial charge in [-0.3, -0.25) is 0 Å². The second-order valence-corrected chi connectivity index (χ2v) is 4.74. The van der Waals surface area contributed by atoms with Gasteiger partial charge in [0.25, 0.3) is 0 Å². The van der Waals surface area contributed by atoms with Gasteiger partial charge in [0.2, 0.25) is 5.54 Å². The van der Waals surface area contributed by atoms with E-state index in [-0.39, 0.29) is 6.54 Å². The summed E-state index contributed by atoms with van der Waals surface area (Å²) in [6, 6.07) is -1.16. The molecule has 0 spiro atoms. The third-order valence-corrected chi connectivity index (χ3v) is 3.06. The van der Waals surface area contributed by atoms with Crippen LogP contribution < -0.4 is 10.6 Å². The second-order valence-electron chi connectivity index (χ2n) is 4.74. The zero-order chi connectivity index (χ0) is 16.7. The first kappa shape index (κ1) is 19.5. The van der Waals surface area contributed by atoms with Crippen molar-refractivity contribution in [3.63, 3.8) is 0 Å². The number of carboxylic acid groups (broad SMARTS) is 1. The molecule has 0 aromatic heterocycles. The molecular formula is C12H22F3N3O3. The van der Waals surface area contributed by atoms with Crippen LogP contribution >= 0.6 is 0 Å². The first-order valence-electron chi connectivity index (χ1n) is 6.67. The fourth-order valence-electron chi connectivity index (χ4n) is 1.59. The highest BCUT2D eigenvalue weighted by molar-refractivity contribution is 5.86. The van der Waals surface area contributed by atoms with E-state index in [0.29, 0.717) is 13.5 Å². The van der Waals surface area contributed by atoms with Crippen molar-refractivity contribution in [3.8, 4) is 0 Å². The lowest BCUT2D eigenvalue weighted by Crippen LogP contribution is -2.63. The maximum atomic E-state index is 12.7. The molecule has 3 N–H and O–H groups in total. The SMILES string of the molecule is CCCN(CC)CCNC(=O)NC(C)(C(=O)O)C(F)(F)F. The summed E-state index contributed by atoms with van der Waals surface area (Å²) in [6.07, 6.45) is -4.17. The van der Waals surface area contributed by atoms with E-state index in [4.69, 9.17) is 5.11 Å². The van der Waals surface area contributed by atoms with E-state index in [1.165, 1.54) is 5.32 Å². The molecule has 0 fully saturated rings. The van der Waals surface area contributed by atoms with Gasteiger partial charge >= 0.3 is 18.2 Å². The highest BCUT2D eigenvalue weighted by atomic mass is 19.4. The molecule has 0 aromatic carbocycles. The summed E-state index contributed by atoms with van der Waals surface area (Å²) in [6.45, 7) is 6.51. The third-order valence-electron chi connectivity index (χ3n) is 3.06. The fourth-order valence-corrected chi connectivity index (χ4v) is 1.59. The summed E-state index contributed by atoms with van der Waals surface area (Å²) >= 11 is 0. The quantitative estimate of drug-likeness (QED) is 0.633. The number of amides is 2. The highest BCUT2D eigenvalue weighted by Crippen LogP contribution is 2.30. The molecule has 0 aromatic rings. The summed E-state index contributed by atoms with van der Waals surface area (Å²) in [5, 5.41) is 12.4. The van der Waals surface area contributed by atoms with Crippen LogP contribution in [0, 0.1) is 0 Å². The van der Waals surface area contributed by atoms with Gasteiger partial charge in [-0.25, -0.2) is 9.59 Å². The number of likely N-dealkylation sites (N-methyl/N-ethyl adjacent to an activating group) is 1. The molecule has 2 amide bonds. The van der Waals surface area contributed by atoms with Gasteiger partial charge in [-0.2, -0.15) is 13.2 Å². The molecule has 124 valence electrons. The first-order valence-corrected chi connectivity index (χ1v) is 6.67. The van der Waals surface area contributed by atoms with Gasteiger partial charge in [0.1, 0.15) is 0 Å². The normalized spacial score (nSPS) is 14.6. The monoisotopic (exact) mass is 313 g/mol. The molecule has 21 heavy (non-hydrogen) atoms. The minimum absolute atomic E-state index is 0.132. The molecule has 0 aliphatic carbocycles. The largest absolute Gasteiger partial charge is 0.479 e. The average Bonchev–Trinajstić information content (AvgIpc) is 2.35. The van der Waals surface area contributed by atoms with Crippen LogP contribution in [0.3, 0.4) is 0 Å². The second kappa shape index (κ2) is 8.06. The fraction of sp³-hybridized carbons (Fsp3) is 0.833. The van der Waals surface area contributed by atoms with Crippen LogP contribution in [0.5, 0.6) is 0 Å². The van der Waals surface area contributed by atoms with Gasteiger partial charge < -0.3 is 20.6 Å². The van der Waals surface area contributed by atoms with Gasteiger partial charge in [0.05, 0.1) is 0 Å². The standard InChI is InChI=1S/C12H22F3N3O3/c1-4-7-18(5-2)8-6-16-10(21)17-11(3,9(19)20)12(13,14)15/h4-8H2,1-3H3,(H,19,20)(H2,16,17,21). The van der Waals surface area contributed by atoms with Crippen molar-refractivity contribution < 1.29 is 27.9 Å². The number of carbonyl (C=O) groups excluding carboxylic acids is 1. The third kappa shape index (κ3) is 5.78. The molecule has 0 saturated carbocycles. The van der Waals surface area contributed by atoms with Crippen LogP contribution in [0.15, 0.2) is 0 Å². The molecule has 6 nitrogen and oxygen atoms in total. The number of hydrogen-bond donors (Lipinski definition) is 3. The highest BCUT2D eigenvalue weighted by Gasteiger charge is 2.58. The first-order chi connectivity index (χ1) is 9.58. The summed E-state index contributed by atoms with van der Waals surface area (Å²) in [5.41, 5.74) is -3.31. The summed E-state index contributed by atoms with van der Waals surface area (Å²) < 4.78 is 38.1. The predicted molar refractivity (Wildman–Crippen MR) is 71.0 cm³/mol. The molecule has 0 aliphatic heterocycles. The minimum Gasteiger partial charge on any atom is -0.479 e. The maximum absolute atomic E-state index is 12.7. The van der Waals surface area contributed by atoms with Crippen molar-refractivity contribution in [1.82, 2.24) is 15.5 Å². The van der Waals surface area contributed by atoms with Gasteiger partial charge in [-0.15, -0.1) is 0 Å². The Hall–Kier alpha value is -1.51. The number of rotatable bonds is 8. The zero-order valence-electron chi connectivity index (χ0n) is 12.4. The molecule has 0 heterocycles. The molecule has 0 radical (unpaired) electrons. The van der Waals surface area contributed by atoms with Crippen LogP contribution in [0.1, 0.15) is 27.2 Å². The van der Waals surface area contributed by atoms with Crippen LogP contribution in [-0.4, -0.2) is 59.9 Å². The van der Waals surface area contributed by atoms with Crippen LogP contribution in [0.25, 0.3) is 0 Å². The lowest BCUT2D eigenvalue weighted by Gasteiger charge is -2.28. The zero-order valence-corrected chi connectivity index (χ0v) is 12.4. The molecule has 0 bridgehead atoms. The molecule has 1 unspecified atom stereocenters. The van der Waals surface area contributed by atoms with Gasteiger partial charge in [-0.05, 0) is 26.4 Å². The Morgan fingerprint density at radius 3 is 2.14 bits per heavy atom. The Balaban J connectivity index is 4.45. The molecule has 0 rings (SSSR count). The van der Waals surface area contributed by atoms with Gasteiger partial charge in [0, 0.05) is 13.1 Å². The van der Waals surface area contributed by atoms with Crippen LogP contribution in [0.4, 0.5) is 18.0 Å². The Labute approximate surface area is 121 Å². The average molecular weight is 313 g/mol. The molecule has 0 aliphatic rings. The van der Waals surface area contributed by atoms with Crippen molar-refractivity contribution in [3.05, 3.63) is 0 Å². The lowest BCUT2D eigenvalue weighted by atomic mass is 10.0. The number of carbonyl (C=O) groups is 2. The number of hydrogen-bond acceptors (Lipinski definition) is 3. The topological polar surface area (TPSA) is 81.7 Å². The van der Waals surface area contributed by atoms with E-state index in [1.54, 1.807) is 0 Å². The van der Waals surface area contributed by atoms with Gasteiger partial charge in [-0.1, -0.05) is 13.8 Å². The maximum Gasteiger partial charge on any atom is 0.422 e. The van der Waals surface area contributed by atoms with E-state index in [0.717, 1.165) is 19.5 Å². The molecule has 9 heteroatoms.